The predicted octanol–water partition coefficient (Wildman–Crippen LogP) is 11.2. The van der Waals surface area contributed by atoms with Crippen LogP contribution in [0.25, 0.3) is 10.9 Å². The number of H-pyrrole nitrogens is 1. The number of aryl methyl sites for hydroxylation is 2. The second-order valence-corrected chi connectivity index (χ2v) is 19.1. The summed E-state index contributed by atoms with van der Waals surface area (Å²) < 4.78 is 0. The van der Waals surface area contributed by atoms with Crippen LogP contribution in [0.2, 0.25) is 0 Å². The number of para-hydroxylation sites is 1. The quantitative estimate of drug-likeness (QED) is 0.272. The maximum atomic E-state index is 14.7. The molecule has 3 heteroatoms. The topological polar surface area (TPSA) is 44.9 Å². The van der Waals surface area contributed by atoms with Gasteiger partial charge >= 0.3 is 0 Å². The molecule has 3 aromatic rings. The van der Waals surface area contributed by atoms with Crippen molar-refractivity contribution in [3.05, 3.63) is 76.5 Å². The monoisotopic (exact) mass is 630 g/mol. The van der Waals surface area contributed by atoms with Gasteiger partial charge in [0.05, 0.1) is 5.41 Å². The number of amides is 1. The van der Waals surface area contributed by atoms with Crippen LogP contribution in [0, 0.1) is 58.7 Å². The van der Waals surface area contributed by atoms with Crippen LogP contribution in [-0.2, 0) is 16.6 Å². The fourth-order valence-electron chi connectivity index (χ4n) is 13.1. The Morgan fingerprint density at radius 2 is 1.62 bits per heavy atom. The number of allylic oxidation sites excluding steroid dienone is 2. The molecule has 5 aliphatic rings. The molecule has 3 nitrogen and oxygen atoms in total. The largest absolute Gasteiger partial charge is 0.358 e. The molecule has 2 N–H and O–H groups in total. The van der Waals surface area contributed by atoms with Crippen molar-refractivity contribution in [3.63, 3.8) is 0 Å². The normalized spacial score (nSPS) is 38.2. The lowest BCUT2D eigenvalue weighted by molar-refractivity contribution is -0.165. The molecule has 1 amide bonds. The molecule has 1 heterocycles. The zero-order chi connectivity index (χ0) is 33.4. The molecular formula is C44H58N2O. The number of anilines is 1. The van der Waals surface area contributed by atoms with Crippen LogP contribution in [0.4, 0.5) is 5.69 Å². The minimum atomic E-state index is -0.326. The first kappa shape index (κ1) is 31.5. The highest BCUT2D eigenvalue weighted by molar-refractivity contribution is 5.97. The van der Waals surface area contributed by atoms with Gasteiger partial charge in [-0.15, -0.1) is 0 Å². The molecule has 0 unspecified atom stereocenters. The van der Waals surface area contributed by atoms with E-state index in [0.29, 0.717) is 17.8 Å². The number of carbonyl (C=O) groups excluding carboxylic acids is 1. The summed E-state index contributed by atoms with van der Waals surface area (Å²) in [5.41, 5.74) is 9.92. The Morgan fingerprint density at radius 1 is 0.872 bits per heavy atom. The van der Waals surface area contributed by atoms with Gasteiger partial charge in [0.15, 0.2) is 0 Å². The van der Waals surface area contributed by atoms with E-state index in [1.54, 1.807) is 11.1 Å². The van der Waals surface area contributed by atoms with E-state index < -0.39 is 0 Å². The zero-order valence-electron chi connectivity index (χ0n) is 30.6. The summed E-state index contributed by atoms with van der Waals surface area (Å²) in [5.74, 6) is 1.85. The molecule has 250 valence electrons. The standard InChI is InChI=1S/C44H58N2O/c1-27-14-15-28(2)34(24-27)46-38(47)44-22-20-39(3,4)26-32(44)31-16-17-36-41(7)25-30-29-12-10-11-13-33(29)45-37(30)40(5,6)35(41)18-19-43(36,9)42(31,8)21-23-44/h10-16,24,32,35-36,45H,17-23,25-26H2,1-9H3,(H,46,47)/t32-,35-,36+,41-,42+,43+,44-/m0/s1. The lowest BCUT2D eigenvalue weighted by atomic mass is 9.33. The van der Waals surface area contributed by atoms with E-state index >= 15 is 0 Å². The molecule has 0 bridgehead atoms. The van der Waals surface area contributed by atoms with Gasteiger partial charge in [0, 0.05) is 27.7 Å². The lowest BCUT2D eigenvalue weighted by Gasteiger charge is -2.70. The minimum absolute atomic E-state index is 0.106. The highest BCUT2D eigenvalue weighted by Gasteiger charge is 2.69. The third-order valence-electron chi connectivity index (χ3n) is 15.9. The van der Waals surface area contributed by atoms with Crippen LogP contribution in [0.3, 0.4) is 0 Å². The molecule has 1 aromatic heterocycles. The Balaban J connectivity index is 1.21. The lowest BCUT2D eigenvalue weighted by Crippen LogP contribution is -2.65. The van der Waals surface area contributed by atoms with E-state index in [0.717, 1.165) is 49.8 Å². The Morgan fingerprint density at radius 3 is 2.40 bits per heavy atom. The second kappa shape index (κ2) is 9.88. The molecule has 2 aromatic carbocycles. The van der Waals surface area contributed by atoms with Crippen molar-refractivity contribution in [2.45, 2.75) is 126 Å². The zero-order valence-corrected chi connectivity index (χ0v) is 30.6. The Hall–Kier alpha value is -2.81. The Kier molecular flexibility index (Phi) is 6.62. The summed E-state index contributed by atoms with van der Waals surface area (Å²) in [6.45, 7) is 22.2. The number of aromatic amines is 1. The first-order chi connectivity index (χ1) is 22.1. The highest BCUT2D eigenvalue weighted by Crippen LogP contribution is 2.75. The van der Waals surface area contributed by atoms with Gasteiger partial charge in [0.2, 0.25) is 5.91 Å². The summed E-state index contributed by atoms with van der Waals surface area (Å²) in [6.07, 6.45) is 12.9. The Labute approximate surface area is 283 Å². The van der Waals surface area contributed by atoms with Crippen molar-refractivity contribution in [2.75, 3.05) is 5.32 Å². The van der Waals surface area contributed by atoms with Crippen LogP contribution in [0.5, 0.6) is 0 Å². The predicted molar refractivity (Wildman–Crippen MR) is 196 cm³/mol. The van der Waals surface area contributed by atoms with Crippen molar-refractivity contribution < 1.29 is 4.79 Å². The molecule has 8 rings (SSSR count). The third kappa shape index (κ3) is 4.13. The van der Waals surface area contributed by atoms with Crippen LogP contribution in [-0.4, -0.2) is 10.9 Å². The summed E-state index contributed by atoms with van der Waals surface area (Å²) in [4.78, 5) is 18.6. The van der Waals surface area contributed by atoms with Gasteiger partial charge in [-0.3, -0.25) is 4.79 Å². The van der Waals surface area contributed by atoms with E-state index in [-0.39, 0.29) is 38.4 Å². The van der Waals surface area contributed by atoms with Crippen LogP contribution < -0.4 is 5.32 Å². The number of carbonyl (C=O) groups is 1. The van der Waals surface area contributed by atoms with Gasteiger partial charge in [-0.1, -0.05) is 90.4 Å². The fraction of sp³-hybridized carbons (Fsp3) is 0.614. The van der Waals surface area contributed by atoms with Crippen molar-refractivity contribution in [2.24, 2.45) is 44.8 Å². The van der Waals surface area contributed by atoms with Crippen molar-refractivity contribution >= 4 is 22.5 Å². The van der Waals surface area contributed by atoms with Crippen LogP contribution >= 0.6 is 0 Å². The molecular weight excluding hydrogens is 572 g/mol. The minimum Gasteiger partial charge on any atom is -0.358 e. The maximum Gasteiger partial charge on any atom is 0.231 e. The average Bonchev–Trinajstić information content (AvgIpc) is 3.38. The molecule has 3 saturated carbocycles. The molecule has 5 aliphatic carbocycles. The number of fused-ring (bicyclic) bond motifs is 10. The summed E-state index contributed by atoms with van der Waals surface area (Å²) in [6, 6.07) is 15.5. The van der Waals surface area contributed by atoms with Gasteiger partial charge in [-0.2, -0.15) is 0 Å². The highest BCUT2D eigenvalue weighted by atomic mass is 16.2. The SMILES string of the molecule is Cc1ccc(C)c(NC(=O)[C@]23CCC(C)(C)C[C@H]2C2=CC[C@@H]4[C@@]5(C)Cc6c([nH]c7ccccc67)C(C)(C)[C@@H]5CC[C@@]4(C)[C@]2(C)CC3)c1. The molecule has 47 heavy (non-hydrogen) atoms. The van der Waals surface area contributed by atoms with E-state index in [4.69, 9.17) is 0 Å². The van der Waals surface area contributed by atoms with Gasteiger partial charge in [0.1, 0.15) is 0 Å². The third-order valence-corrected chi connectivity index (χ3v) is 15.9. The number of benzene rings is 2. The van der Waals surface area contributed by atoms with E-state index in [9.17, 15) is 4.79 Å². The van der Waals surface area contributed by atoms with Crippen molar-refractivity contribution in [3.8, 4) is 0 Å². The molecule has 0 radical (unpaired) electrons. The first-order valence-corrected chi connectivity index (χ1v) is 18.8. The van der Waals surface area contributed by atoms with Gasteiger partial charge in [0.25, 0.3) is 0 Å². The number of hydrogen-bond donors (Lipinski definition) is 2. The maximum absolute atomic E-state index is 14.7. The van der Waals surface area contributed by atoms with Gasteiger partial charge < -0.3 is 10.3 Å². The molecule has 0 saturated heterocycles. The van der Waals surface area contributed by atoms with Crippen molar-refractivity contribution in [1.29, 1.82) is 0 Å². The smallest absolute Gasteiger partial charge is 0.231 e. The summed E-state index contributed by atoms with van der Waals surface area (Å²) >= 11 is 0. The average molecular weight is 631 g/mol. The molecule has 3 fully saturated rings. The van der Waals surface area contributed by atoms with Crippen LogP contribution in [0.1, 0.15) is 122 Å². The number of nitrogens with one attached hydrogen (secondary N) is 2. The molecule has 0 aliphatic heterocycles. The Bertz CT molecular complexity index is 1820. The number of aromatic nitrogens is 1. The first-order valence-electron chi connectivity index (χ1n) is 18.8. The van der Waals surface area contributed by atoms with E-state index in [1.807, 2.05) is 0 Å². The van der Waals surface area contributed by atoms with Crippen molar-refractivity contribution in [1.82, 2.24) is 4.98 Å². The molecule has 0 spiro atoms. The fourth-order valence-corrected chi connectivity index (χ4v) is 13.1. The van der Waals surface area contributed by atoms with Gasteiger partial charge in [-0.05, 0) is 140 Å². The number of hydrogen-bond acceptors (Lipinski definition) is 1. The van der Waals surface area contributed by atoms with Crippen LogP contribution in [0.15, 0.2) is 54.1 Å². The molecule has 7 atom stereocenters. The van der Waals surface area contributed by atoms with E-state index in [1.165, 1.54) is 41.4 Å². The summed E-state index contributed by atoms with van der Waals surface area (Å²) in [7, 11) is 0. The second-order valence-electron chi connectivity index (χ2n) is 19.1. The van der Waals surface area contributed by atoms with Gasteiger partial charge in [-0.25, -0.2) is 0 Å². The summed E-state index contributed by atoms with van der Waals surface area (Å²) in [5, 5.41) is 4.95. The number of rotatable bonds is 2. The van der Waals surface area contributed by atoms with E-state index in [2.05, 4.69) is 121 Å².